The number of carbonyl (C=O) groups is 1. The van der Waals surface area contributed by atoms with Gasteiger partial charge in [-0.1, -0.05) is 20.8 Å². The first-order chi connectivity index (χ1) is 10.4. The molecule has 1 N–H and O–H groups in total. The summed E-state index contributed by atoms with van der Waals surface area (Å²) in [6.45, 7) is 13.2. The van der Waals surface area contributed by atoms with E-state index in [-0.39, 0.29) is 23.6 Å². The quantitative estimate of drug-likeness (QED) is 0.845. The lowest BCUT2D eigenvalue weighted by atomic mass is 9.75. The molecule has 134 valence electrons. The number of amides is 1. The molecule has 2 aliphatic heterocycles. The second-order valence-corrected chi connectivity index (χ2v) is 9.43. The van der Waals surface area contributed by atoms with Crippen molar-refractivity contribution in [1.82, 2.24) is 4.90 Å². The summed E-state index contributed by atoms with van der Waals surface area (Å²) in [5.74, 6) is 0. The third-order valence-corrected chi connectivity index (χ3v) is 4.58. The van der Waals surface area contributed by atoms with Crippen LogP contribution >= 0.6 is 0 Å². The predicted molar refractivity (Wildman–Crippen MR) is 89.3 cm³/mol. The van der Waals surface area contributed by atoms with E-state index in [0.29, 0.717) is 26.1 Å². The smallest absolute Gasteiger partial charge is 0.410 e. The zero-order valence-corrected chi connectivity index (χ0v) is 15.5. The molecule has 0 aromatic carbocycles. The molecule has 0 saturated carbocycles. The summed E-state index contributed by atoms with van der Waals surface area (Å²) in [6.07, 6.45) is 2.59. The number of hydrogen-bond acceptors (Lipinski definition) is 4. The van der Waals surface area contributed by atoms with E-state index in [2.05, 4.69) is 20.8 Å². The van der Waals surface area contributed by atoms with Gasteiger partial charge < -0.3 is 14.6 Å². The number of fused-ring (bicyclic) bond motifs is 2. The van der Waals surface area contributed by atoms with Crippen molar-refractivity contribution in [2.45, 2.75) is 90.5 Å². The first-order valence-corrected chi connectivity index (χ1v) is 8.70. The van der Waals surface area contributed by atoms with Crippen LogP contribution in [0.15, 0.2) is 0 Å². The average molecular weight is 327 g/mol. The van der Waals surface area contributed by atoms with Crippen molar-refractivity contribution in [2.75, 3.05) is 13.2 Å². The summed E-state index contributed by atoms with van der Waals surface area (Å²) in [7, 11) is 0. The summed E-state index contributed by atoms with van der Waals surface area (Å²) >= 11 is 0. The number of nitrogens with zero attached hydrogens (tertiary/aromatic N) is 1. The third kappa shape index (κ3) is 5.08. The van der Waals surface area contributed by atoms with Crippen LogP contribution in [0.3, 0.4) is 0 Å². The predicted octanol–water partition coefficient (Wildman–Crippen LogP) is 3.34. The molecule has 5 heteroatoms. The van der Waals surface area contributed by atoms with Crippen LogP contribution in [0.4, 0.5) is 4.79 Å². The van der Waals surface area contributed by atoms with Gasteiger partial charge in [0, 0.05) is 0 Å². The van der Waals surface area contributed by atoms with Gasteiger partial charge in [-0.3, -0.25) is 4.90 Å². The zero-order valence-electron chi connectivity index (χ0n) is 15.5. The number of hydrogen-bond donors (Lipinski definition) is 1. The Kier molecular flexibility index (Phi) is 5.03. The van der Waals surface area contributed by atoms with Crippen LogP contribution < -0.4 is 0 Å². The Bertz CT molecular complexity index is 421. The van der Waals surface area contributed by atoms with E-state index in [1.54, 1.807) is 4.90 Å². The van der Waals surface area contributed by atoms with E-state index in [1.807, 2.05) is 20.8 Å². The molecule has 0 radical (unpaired) electrons. The number of rotatable bonds is 2. The molecule has 1 amide bonds. The van der Waals surface area contributed by atoms with Gasteiger partial charge in [-0.05, 0) is 51.9 Å². The van der Waals surface area contributed by atoms with Gasteiger partial charge in [0.15, 0.2) is 0 Å². The van der Waals surface area contributed by atoms with Gasteiger partial charge in [-0.25, -0.2) is 4.79 Å². The van der Waals surface area contributed by atoms with Crippen molar-refractivity contribution >= 4 is 6.09 Å². The van der Waals surface area contributed by atoms with Crippen LogP contribution in [0.2, 0.25) is 0 Å². The number of carbonyl (C=O) groups excluding carboxylic acids is 1. The maximum absolute atomic E-state index is 12.5. The van der Waals surface area contributed by atoms with Crippen LogP contribution in [0.5, 0.6) is 0 Å². The number of ether oxygens (including phenoxy) is 2. The molecule has 0 aliphatic carbocycles. The lowest BCUT2D eigenvalue weighted by Gasteiger charge is -2.51. The lowest BCUT2D eigenvalue weighted by Crippen LogP contribution is -2.64. The van der Waals surface area contributed by atoms with Crippen molar-refractivity contribution in [3.63, 3.8) is 0 Å². The van der Waals surface area contributed by atoms with Crippen molar-refractivity contribution in [1.29, 1.82) is 0 Å². The maximum atomic E-state index is 12.5. The molecule has 2 heterocycles. The summed E-state index contributed by atoms with van der Waals surface area (Å²) < 4.78 is 11.2. The minimum atomic E-state index is -0.703. The lowest BCUT2D eigenvalue weighted by molar-refractivity contribution is -0.141. The van der Waals surface area contributed by atoms with Crippen LogP contribution in [-0.4, -0.2) is 52.6 Å². The van der Waals surface area contributed by atoms with Gasteiger partial charge in [-0.15, -0.1) is 0 Å². The maximum Gasteiger partial charge on any atom is 0.410 e. The van der Waals surface area contributed by atoms with E-state index in [0.717, 1.165) is 12.8 Å². The highest BCUT2D eigenvalue weighted by molar-refractivity contribution is 5.69. The fourth-order valence-electron chi connectivity index (χ4n) is 3.50. The molecule has 0 aromatic heterocycles. The summed E-state index contributed by atoms with van der Waals surface area (Å²) in [4.78, 5) is 14.3. The molecule has 2 aliphatic rings. The van der Waals surface area contributed by atoms with Crippen LogP contribution in [0, 0.1) is 5.41 Å². The van der Waals surface area contributed by atoms with E-state index in [4.69, 9.17) is 9.47 Å². The zero-order chi connectivity index (χ0) is 17.5. The number of piperidine rings is 1. The van der Waals surface area contributed by atoms with E-state index in [9.17, 15) is 9.90 Å². The van der Waals surface area contributed by atoms with Gasteiger partial charge in [0.05, 0.1) is 30.9 Å². The van der Waals surface area contributed by atoms with Gasteiger partial charge in [0.1, 0.15) is 5.60 Å². The van der Waals surface area contributed by atoms with Crippen LogP contribution in [0.1, 0.15) is 67.2 Å². The van der Waals surface area contributed by atoms with Crippen molar-refractivity contribution in [3.05, 3.63) is 0 Å². The molecule has 5 nitrogen and oxygen atoms in total. The Balaban J connectivity index is 2.07. The van der Waals surface area contributed by atoms with Gasteiger partial charge in [0.2, 0.25) is 0 Å². The number of morpholine rings is 1. The Morgan fingerprint density at radius 1 is 1.17 bits per heavy atom. The molecule has 2 rings (SSSR count). The van der Waals surface area contributed by atoms with Crippen molar-refractivity contribution < 1.29 is 19.4 Å². The Hall–Kier alpha value is -0.810. The molecule has 23 heavy (non-hydrogen) atoms. The van der Waals surface area contributed by atoms with Crippen molar-refractivity contribution in [3.8, 4) is 0 Å². The standard InChI is InChI=1S/C18H33NO4/c1-16(2,3)7-8-18(21)9-13-11-22-12-14(10-18)19(13)15(20)23-17(4,5)6/h13-14,21H,7-12H2,1-6H3. The van der Waals surface area contributed by atoms with E-state index >= 15 is 0 Å². The van der Waals surface area contributed by atoms with Gasteiger partial charge >= 0.3 is 6.09 Å². The molecule has 2 bridgehead atoms. The van der Waals surface area contributed by atoms with E-state index in [1.165, 1.54) is 0 Å². The van der Waals surface area contributed by atoms with E-state index < -0.39 is 11.2 Å². The SMILES string of the molecule is CC(C)(C)CCC1(O)CC2COCC(C1)N2C(=O)OC(C)(C)C. The third-order valence-electron chi connectivity index (χ3n) is 4.58. The number of aliphatic hydroxyl groups is 1. The fraction of sp³-hybridized carbons (Fsp3) is 0.944. The largest absolute Gasteiger partial charge is 0.444 e. The normalized spacial score (nSPS) is 31.9. The Morgan fingerprint density at radius 2 is 1.70 bits per heavy atom. The van der Waals surface area contributed by atoms with Gasteiger partial charge in [0.25, 0.3) is 0 Å². The molecule has 2 atom stereocenters. The fourth-order valence-corrected chi connectivity index (χ4v) is 3.50. The molecular weight excluding hydrogens is 294 g/mol. The second kappa shape index (κ2) is 6.25. The van der Waals surface area contributed by atoms with Crippen LogP contribution in [0.25, 0.3) is 0 Å². The monoisotopic (exact) mass is 327 g/mol. The minimum Gasteiger partial charge on any atom is -0.444 e. The molecule has 0 aromatic rings. The highest BCUT2D eigenvalue weighted by Gasteiger charge is 2.49. The molecular formula is C18H33NO4. The summed E-state index contributed by atoms with van der Waals surface area (Å²) in [5, 5.41) is 11.0. The molecule has 2 fully saturated rings. The summed E-state index contributed by atoms with van der Waals surface area (Å²) in [5.41, 5.74) is -1.01. The second-order valence-electron chi connectivity index (χ2n) is 9.43. The highest BCUT2D eigenvalue weighted by atomic mass is 16.6. The first kappa shape index (κ1) is 18.5. The Labute approximate surface area is 140 Å². The minimum absolute atomic E-state index is 0.0951. The summed E-state index contributed by atoms with van der Waals surface area (Å²) in [6, 6.07) is -0.190. The van der Waals surface area contributed by atoms with Crippen LogP contribution in [-0.2, 0) is 9.47 Å². The van der Waals surface area contributed by atoms with Crippen molar-refractivity contribution in [2.24, 2.45) is 5.41 Å². The average Bonchev–Trinajstić information content (AvgIpc) is 2.32. The first-order valence-electron chi connectivity index (χ1n) is 8.70. The molecule has 0 spiro atoms. The van der Waals surface area contributed by atoms with Gasteiger partial charge in [-0.2, -0.15) is 0 Å². The molecule has 2 saturated heterocycles. The highest BCUT2D eigenvalue weighted by Crippen LogP contribution is 2.39. The molecule has 2 unspecified atom stereocenters. The Morgan fingerprint density at radius 3 is 2.13 bits per heavy atom. The topological polar surface area (TPSA) is 59.0 Å².